The number of ether oxygens (including phenoxy) is 2. The molecule has 1 aliphatic carbocycles. The van der Waals surface area contributed by atoms with Gasteiger partial charge in [0.1, 0.15) is 5.82 Å². The van der Waals surface area contributed by atoms with Gasteiger partial charge in [-0.1, -0.05) is 0 Å². The maximum atomic E-state index is 12.3. The van der Waals surface area contributed by atoms with Gasteiger partial charge in [-0.15, -0.1) is 10.2 Å². The van der Waals surface area contributed by atoms with Gasteiger partial charge in [-0.3, -0.25) is 4.79 Å². The van der Waals surface area contributed by atoms with Gasteiger partial charge in [-0.2, -0.15) is 0 Å². The van der Waals surface area contributed by atoms with E-state index in [9.17, 15) is 4.79 Å². The molecule has 23 heavy (non-hydrogen) atoms. The molecule has 1 aromatic carbocycles. The molecule has 1 heterocycles. The van der Waals surface area contributed by atoms with Crippen LogP contribution in [-0.4, -0.2) is 36.4 Å². The quantitative estimate of drug-likeness (QED) is 0.851. The van der Waals surface area contributed by atoms with Crippen molar-refractivity contribution in [2.45, 2.75) is 18.9 Å². The average molecular weight is 314 g/mol. The zero-order valence-electron chi connectivity index (χ0n) is 13.0. The Labute approximate surface area is 134 Å². The molecule has 0 spiro atoms. The van der Waals surface area contributed by atoms with Gasteiger partial charge in [0.05, 0.1) is 14.2 Å². The van der Waals surface area contributed by atoms with Crippen LogP contribution in [0.2, 0.25) is 0 Å². The molecule has 1 saturated carbocycles. The van der Waals surface area contributed by atoms with E-state index in [1.807, 2.05) is 0 Å². The summed E-state index contributed by atoms with van der Waals surface area (Å²) in [5.41, 5.74) is 0.449. The molecule has 2 N–H and O–H groups in total. The first-order valence-corrected chi connectivity index (χ1v) is 7.33. The highest BCUT2D eigenvalue weighted by molar-refractivity contribution is 6.04. The molecule has 0 saturated heterocycles. The lowest BCUT2D eigenvalue weighted by molar-refractivity contribution is 0.102. The van der Waals surface area contributed by atoms with Crippen LogP contribution in [0.1, 0.15) is 23.2 Å². The highest BCUT2D eigenvalue weighted by Crippen LogP contribution is 2.28. The monoisotopic (exact) mass is 314 g/mol. The molecule has 1 fully saturated rings. The number of nitrogens with one attached hydrogen (secondary N) is 2. The highest BCUT2D eigenvalue weighted by atomic mass is 16.5. The fourth-order valence-corrected chi connectivity index (χ4v) is 2.08. The Kier molecular flexibility index (Phi) is 4.27. The van der Waals surface area contributed by atoms with E-state index in [0.717, 1.165) is 5.82 Å². The largest absolute Gasteiger partial charge is 0.493 e. The SMILES string of the molecule is COc1ccc(C(=O)Nc2ccc(NC3CC3)nn2)cc1OC. The number of aromatic nitrogens is 2. The van der Waals surface area contributed by atoms with Crippen LogP contribution in [0.3, 0.4) is 0 Å². The van der Waals surface area contributed by atoms with Gasteiger partial charge < -0.3 is 20.1 Å². The molecular formula is C16H18N4O3. The standard InChI is InChI=1S/C16H18N4O3/c1-22-12-6-3-10(9-13(12)23-2)16(21)18-15-8-7-14(19-20-15)17-11-4-5-11/h3,6-9,11H,4-5H2,1-2H3,(H,17,19)(H,18,20,21). The van der Waals surface area contributed by atoms with Gasteiger partial charge in [0.2, 0.25) is 0 Å². The summed E-state index contributed by atoms with van der Waals surface area (Å²) >= 11 is 0. The van der Waals surface area contributed by atoms with Gasteiger partial charge in [0, 0.05) is 11.6 Å². The summed E-state index contributed by atoms with van der Waals surface area (Å²) in [7, 11) is 3.07. The first-order chi connectivity index (χ1) is 11.2. The van der Waals surface area contributed by atoms with Crippen molar-refractivity contribution in [1.29, 1.82) is 0 Å². The fraction of sp³-hybridized carbons (Fsp3) is 0.312. The molecule has 0 radical (unpaired) electrons. The Hall–Kier alpha value is -2.83. The fourth-order valence-electron chi connectivity index (χ4n) is 2.08. The molecular weight excluding hydrogens is 296 g/mol. The van der Waals surface area contributed by atoms with Crippen LogP contribution in [-0.2, 0) is 0 Å². The van der Waals surface area contributed by atoms with Crippen LogP contribution < -0.4 is 20.1 Å². The van der Waals surface area contributed by atoms with E-state index in [-0.39, 0.29) is 5.91 Å². The number of benzene rings is 1. The van der Waals surface area contributed by atoms with E-state index < -0.39 is 0 Å². The number of rotatable bonds is 6. The summed E-state index contributed by atoms with van der Waals surface area (Å²) in [5.74, 6) is 1.89. The van der Waals surface area contributed by atoms with Crippen LogP contribution in [0.4, 0.5) is 11.6 Å². The first kappa shape index (κ1) is 15.1. The molecule has 7 nitrogen and oxygen atoms in total. The van der Waals surface area contributed by atoms with Gasteiger partial charge in [0.25, 0.3) is 5.91 Å². The van der Waals surface area contributed by atoms with Crippen molar-refractivity contribution in [3.63, 3.8) is 0 Å². The molecule has 1 aromatic heterocycles. The summed E-state index contributed by atoms with van der Waals surface area (Å²) in [5, 5.41) is 14.0. The Morgan fingerprint density at radius 3 is 2.35 bits per heavy atom. The smallest absolute Gasteiger partial charge is 0.257 e. The van der Waals surface area contributed by atoms with Crippen LogP contribution in [0.15, 0.2) is 30.3 Å². The number of hydrogen-bond acceptors (Lipinski definition) is 6. The minimum absolute atomic E-state index is 0.289. The van der Waals surface area contributed by atoms with Gasteiger partial charge in [-0.05, 0) is 43.2 Å². The molecule has 0 aliphatic heterocycles. The molecule has 2 aromatic rings. The normalized spacial score (nSPS) is 13.3. The average Bonchev–Trinajstić information content (AvgIpc) is 3.40. The Bertz CT molecular complexity index is 699. The third-order valence-electron chi connectivity index (χ3n) is 3.48. The maximum absolute atomic E-state index is 12.3. The Balaban J connectivity index is 1.68. The number of carbonyl (C=O) groups is 1. The van der Waals surface area contributed by atoms with Crippen molar-refractivity contribution in [2.24, 2.45) is 0 Å². The lowest BCUT2D eigenvalue weighted by atomic mass is 10.2. The van der Waals surface area contributed by atoms with E-state index in [0.29, 0.717) is 28.9 Å². The predicted octanol–water partition coefficient (Wildman–Crippen LogP) is 2.32. The van der Waals surface area contributed by atoms with Crippen LogP contribution >= 0.6 is 0 Å². The first-order valence-electron chi connectivity index (χ1n) is 7.33. The van der Waals surface area contributed by atoms with Crippen molar-refractivity contribution in [3.05, 3.63) is 35.9 Å². The number of methoxy groups -OCH3 is 2. The summed E-state index contributed by atoms with van der Waals surface area (Å²) in [6, 6.07) is 8.99. The zero-order valence-corrected chi connectivity index (χ0v) is 13.0. The Morgan fingerprint density at radius 2 is 1.74 bits per heavy atom. The number of hydrogen-bond donors (Lipinski definition) is 2. The molecule has 7 heteroatoms. The topological polar surface area (TPSA) is 85.4 Å². The lowest BCUT2D eigenvalue weighted by Crippen LogP contribution is -2.14. The highest BCUT2D eigenvalue weighted by Gasteiger charge is 2.21. The minimum Gasteiger partial charge on any atom is -0.493 e. The lowest BCUT2D eigenvalue weighted by Gasteiger charge is -2.10. The third kappa shape index (κ3) is 3.68. The van der Waals surface area contributed by atoms with Crippen molar-refractivity contribution in [3.8, 4) is 11.5 Å². The van der Waals surface area contributed by atoms with Crippen molar-refractivity contribution in [1.82, 2.24) is 10.2 Å². The van der Waals surface area contributed by atoms with E-state index in [4.69, 9.17) is 9.47 Å². The summed E-state index contributed by atoms with van der Waals surface area (Å²) < 4.78 is 10.3. The van der Waals surface area contributed by atoms with Crippen LogP contribution in [0.5, 0.6) is 11.5 Å². The molecule has 3 rings (SSSR count). The molecule has 0 bridgehead atoms. The molecule has 1 aliphatic rings. The number of nitrogens with zero attached hydrogens (tertiary/aromatic N) is 2. The van der Waals surface area contributed by atoms with E-state index in [1.54, 1.807) is 37.4 Å². The van der Waals surface area contributed by atoms with E-state index in [1.165, 1.54) is 20.0 Å². The predicted molar refractivity (Wildman–Crippen MR) is 86.2 cm³/mol. The minimum atomic E-state index is -0.289. The second-order valence-corrected chi connectivity index (χ2v) is 5.25. The zero-order chi connectivity index (χ0) is 16.2. The third-order valence-corrected chi connectivity index (χ3v) is 3.48. The number of anilines is 2. The number of amides is 1. The second-order valence-electron chi connectivity index (χ2n) is 5.25. The van der Waals surface area contributed by atoms with Gasteiger partial charge in [-0.25, -0.2) is 0 Å². The maximum Gasteiger partial charge on any atom is 0.257 e. The van der Waals surface area contributed by atoms with Gasteiger partial charge >= 0.3 is 0 Å². The molecule has 0 atom stereocenters. The summed E-state index contributed by atoms with van der Waals surface area (Å²) in [6.07, 6.45) is 2.33. The second kappa shape index (κ2) is 6.51. The van der Waals surface area contributed by atoms with Crippen molar-refractivity contribution < 1.29 is 14.3 Å². The molecule has 1 amide bonds. The van der Waals surface area contributed by atoms with Crippen LogP contribution in [0.25, 0.3) is 0 Å². The summed E-state index contributed by atoms with van der Waals surface area (Å²) in [6.45, 7) is 0. The molecule has 0 unspecified atom stereocenters. The molecule has 120 valence electrons. The van der Waals surface area contributed by atoms with Crippen molar-refractivity contribution >= 4 is 17.5 Å². The Morgan fingerprint density at radius 1 is 1.04 bits per heavy atom. The van der Waals surface area contributed by atoms with E-state index in [2.05, 4.69) is 20.8 Å². The summed E-state index contributed by atoms with van der Waals surface area (Å²) in [4.78, 5) is 12.3. The number of carbonyl (C=O) groups excluding carboxylic acids is 1. The van der Waals surface area contributed by atoms with Crippen LogP contribution in [0, 0.1) is 0 Å². The van der Waals surface area contributed by atoms with Crippen molar-refractivity contribution in [2.75, 3.05) is 24.9 Å². The van der Waals surface area contributed by atoms with E-state index >= 15 is 0 Å². The van der Waals surface area contributed by atoms with Gasteiger partial charge in [0.15, 0.2) is 17.3 Å².